The van der Waals surface area contributed by atoms with Crippen molar-refractivity contribution >= 4 is 0 Å². The van der Waals surface area contributed by atoms with E-state index in [0.29, 0.717) is 0 Å². The Morgan fingerprint density at radius 1 is 1.44 bits per heavy atom. The highest BCUT2D eigenvalue weighted by molar-refractivity contribution is 4.51. The highest BCUT2D eigenvalue weighted by Crippen LogP contribution is 2.13. The lowest BCUT2D eigenvalue weighted by Crippen LogP contribution is -2.08. The molecule has 0 bridgehead atoms. The van der Waals surface area contributed by atoms with Crippen molar-refractivity contribution in [1.29, 1.82) is 0 Å². The van der Waals surface area contributed by atoms with Crippen LogP contribution in [-0.4, -0.2) is 12.9 Å². The average Bonchev–Trinajstić information content (AvgIpc) is 1.67. The van der Waals surface area contributed by atoms with Crippen LogP contribution >= 0.6 is 0 Å². The lowest BCUT2D eigenvalue weighted by molar-refractivity contribution is -0.142. The van der Waals surface area contributed by atoms with E-state index in [1.807, 2.05) is 6.92 Å². The van der Waals surface area contributed by atoms with E-state index < -0.39 is 12.9 Å². The second-order valence-corrected chi connectivity index (χ2v) is 1.16. The van der Waals surface area contributed by atoms with Crippen LogP contribution in [0.25, 0.3) is 0 Å². The van der Waals surface area contributed by atoms with Gasteiger partial charge in [-0.05, 0) is 6.92 Å². The summed E-state index contributed by atoms with van der Waals surface area (Å²) >= 11 is 0. The Bertz CT molecular complexity index is 63.8. The van der Waals surface area contributed by atoms with Crippen molar-refractivity contribution in [3.05, 3.63) is 12.7 Å². The molecule has 0 amide bonds. The normalized spacial score (nSPS) is 9.44. The fraction of sp³-hybridized carbons (Fsp3) is 0.600. The molecule has 0 unspecified atom stereocenters. The Morgan fingerprint density at radius 2 is 1.56 bits per heavy atom. The summed E-state index contributed by atoms with van der Waals surface area (Å²) in [7, 11) is 0. The molecule has 0 saturated heterocycles. The van der Waals surface area contributed by atoms with Crippen LogP contribution in [0, 0.1) is 0 Å². The smallest absolute Gasteiger partial charge is 0.241 e. The molecule has 0 aromatic rings. The predicted octanol–water partition coefficient (Wildman–Crippen LogP) is 2.71. The predicted molar refractivity (Wildman–Crippen MR) is 27.9 cm³/mol. The Balaban J connectivity index is 0. The minimum atomic E-state index is -4.62. The van der Waals surface area contributed by atoms with Crippen LogP contribution < -0.4 is 0 Å². The lowest BCUT2D eigenvalue weighted by atomic mass is 10.8. The van der Waals surface area contributed by atoms with E-state index in [2.05, 4.69) is 6.58 Å². The zero-order chi connectivity index (χ0) is 7.91. The summed E-state index contributed by atoms with van der Waals surface area (Å²) < 4.78 is 41.6. The number of alkyl halides is 4. The number of rotatable bonds is 0. The third-order valence-corrected chi connectivity index (χ3v) is 0.152. The molecular weight excluding hydrogens is 136 g/mol. The van der Waals surface area contributed by atoms with Gasteiger partial charge in [0.1, 0.15) is 0 Å². The van der Waals surface area contributed by atoms with Crippen LogP contribution in [-0.2, 0) is 0 Å². The van der Waals surface area contributed by atoms with Crippen LogP contribution in [0.15, 0.2) is 12.7 Å². The summed E-state index contributed by atoms with van der Waals surface area (Å²) in [6.45, 7) is 3.02. The van der Waals surface area contributed by atoms with Crippen LogP contribution in [0.3, 0.4) is 0 Å². The number of hydrogen-bond acceptors (Lipinski definition) is 0. The highest BCUT2D eigenvalue weighted by atomic mass is 19.4. The van der Waals surface area contributed by atoms with Crippen molar-refractivity contribution in [3.63, 3.8) is 0 Å². The first kappa shape index (κ1) is 11.3. The van der Waals surface area contributed by atoms with Gasteiger partial charge in [-0.25, -0.2) is 4.39 Å². The molecule has 0 atom stereocenters. The molecule has 0 radical (unpaired) electrons. The van der Waals surface area contributed by atoms with Crippen molar-refractivity contribution in [2.24, 2.45) is 0 Å². The lowest BCUT2D eigenvalue weighted by Gasteiger charge is -1.93. The summed E-state index contributed by atoms with van der Waals surface area (Å²) in [6, 6.07) is 0. The maximum absolute atomic E-state index is 10.4. The molecule has 9 heavy (non-hydrogen) atoms. The molecule has 0 aromatic carbocycles. The van der Waals surface area contributed by atoms with Gasteiger partial charge >= 0.3 is 6.18 Å². The molecule has 0 aromatic heterocycles. The zero-order valence-electron chi connectivity index (χ0n) is 5.00. The van der Waals surface area contributed by atoms with E-state index in [4.69, 9.17) is 0 Å². The molecule has 0 nitrogen and oxygen atoms in total. The molecular formula is C5H8F4. The van der Waals surface area contributed by atoms with E-state index in [1.54, 1.807) is 6.08 Å². The van der Waals surface area contributed by atoms with E-state index in [1.165, 1.54) is 0 Å². The van der Waals surface area contributed by atoms with Crippen LogP contribution in [0.2, 0.25) is 0 Å². The van der Waals surface area contributed by atoms with Gasteiger partial charge in [-0.3, -0.25) is 0 Å². The SMILES string of the molecule is C=CC.FCC(F)(F)F. The summed E-state index contributed by atoms with van der Waals surface area (Å²) in [5.41, 5.74) is 0. The summed E-state index contributed by atoms with van der Waals surface area (Å²) in [6.07, 6.45) is -2.88. The maximum atomic E-state index is 10.4. The highest BCUT2D eigenvalue weighted by Gasteiger charge is 2.26. The minimum absolute atomic E-state index is 1.75. The van der Waals surface area contributed by atoms with Crippen molar-refractivity contribution in [2.75, 3.05) is 6.67 Å². The Hall–Kier alpha value is -0.540. The van der Waals surface area contributed by atoms with Gasteiger partial charge in [-0.15, -0.1) is 6.58 Å². The van der Waals surface area contributed by atoms with Crippen LogP contribution in [0.4, 0.5) is 17.6 Å². The third-order valence-electron chi connectivity index (χ3n) is 0.152. The van der Waals surface area contributed by atoms with Crippen LogP contribution in [0.1, 0.15) is 6.92 Å². The van der Waals surface area contributed by atoms with Gasteiger partial charge in [-0.2, -0.15) is 13.2 Å². The summed E-state index contributed by atoms with van der Waals surface area (Å²) in [5.74, 6) is 0. The summed E-state index contributed by atoms with van der Waals surface area (Å²) in [5, 5.41) is 0. The second-order valence-electron chi connectivity index (χ2n) is 1.16. The van der Waals surface area contributed by atoms with E-state index in [9.17, 15) is 17.6 Å². The number of hydrogen-bond donors (Lipinski definition) is 0. The largest absolute Gasteiger partial charge is 0.416 e. The van der Waals surface area contributed by atoms with Gasteiger partial charge in [0.05, 0.1) is 0 Å². The molecule has 0 aliphatic heterocycles. The summed E-state index contributed by atoms with van der Waals surface area (Å²) in [4.78, 5) is 0. The Labute approximate surface area is 51.2 Å². The number of halogens is 4. The van der Waals surface area contributed by atoms with Crippen molar-refractivity contribution in [3.8, 4) is 0 Å². The monoisotopic (exact) mass is 144 g/mol. The maximum Gasteiger partial charge on any atom is 0.416 e. The topological polar surface area (TPSA) is 0 Å². The molecule has 0 aliphatic rings. The van der Waals surface area contributed by atoms with E-state index in [-0.39, 0.29) is 0 Å². The zero-order valence-corrected chi connectivity index (χ0v) is 5.00. The first-order valence-corrected chi connectivity index (χ1v) is 2.17. The molecule has 0 N–H and O–H groups in total. The van der Waals surface area contributed by atoms with Crippen molar-refractivity contribution in [2.45, 2.75) is 13.1 Å². The minimum Gasteiger partial charge on any atom is -0.241 e. The fourth-order valence-electron chi connectivity index (χ4n) is 0. The fourth-order valence-corrected chi connectivity index (χ4v) is 0. The first-order valence-electron chi connectivity index (χ1n) is 2.17. The number of allylic oxidation sites excluding steroid dienone is 1. The Kier molecular flexibility index (Phi) is 7.01. The Morgan fingerprint density at radius 3 is 1.56 bits per heavy atom. The molecule has 0 rings (SSSR count). The third kappa shape index (κ3) is 36.7. The molecule has 4 heteroatoms. The quantitative estimate of drug-likeness (QED) is 0.362. The van der Waals surface area contributed by atoms with Crippen molar-refractivity contribution < 1.29 is 17.6 Å². The van der Waals surface area contributed by atoms with E-state index >= 15 is 0 Å². The molecule has 56 valence electrons. The van der Waals surface area contributed by atoms with Gasteiger partial charge in [0.25, 0.3) is 0 Å². The van der Waals surface area contributed by atoms with E-state index in [0.717, 1.165) is 0 Å². The van der Waals surface area contributed by atoms with Gasteiger partial charge in [0.2, 0.25) is 0 Å². The van der Waals surface area contributed by atoms with Gasteiger partial charge in [0, 0.05) is 0 Å². The first-order chi connectivity index (χ1) is 3.97. The van der Waals surface area contributed by atoms with Gasteiger partial charge in [0.15, 0.2) is 6.67 Å². The standard InChI is InChI=1S/C3H6.C2H2F4/c1-3-2;3-1-2(4,5)6/h3H,1H2,2H3;1H2. The van der Waals surface area contributed by atoms with Crippen molar-refractivity contribution in [1.82, 2.24) is 0 Å². The molecule has 0 fully saturated rings. The molecule has 0 spiro atoms. The van der Waals surface area contributed by atoms with Gasteiger partial charge in [-0.1, -0.05) is 6.08 Å². The van der Waals surface area contributed by atoms with Gasteiger partial charge < -0.3 is 0 Å². The average molecular weight is 144 g/mol. The molecule has 0 saturated carbocycles. The van der Waals surface area contributed by atoms with Crippen LogP contribution in [0.5, 0.6) is 0 Å². The molecule has 0 heterocycles. The molecule has 0 aliphatic carbocycles. The second kappa shape index (κ2) is 5.59.